The summed E-state index contributed by atoms with van der Waals surface area (Å²) in [5.41, 5.74) is 2.77. The molecule has 3 aromatic rings. The number of likely N-dealkylation sites (N-methyl/N-ethyl adjacent to an activating group) is 1. The Bertz CT molecular complexity index is 1740. The normalized spacial score (nSPS) is 23.2. The summed E-state index contributed by atoms with van der Waals surface area (Å²) in [6.45, 7) is 4.43. The zero-order chi connectivity index (χ0) is 33.5. The number of piperidine rings is 2. The lowest BCUT2D eigenvalue weighted by molar-refractivity contribution is -0.162. The quantitative estimate of drug-likeness (QED) is 0.396. The van der Waals surface area contributed by atoms with Crippen molar-refractivity contribution < 1.29 is 24.0 Å². The van der Waals surface area contributed by atoms with Crippen LogP contribution in [-0.2, 0) is 37.5 Å². The van der Waals surface area contributed by atoms with Gasteiger partial charge in [-0.15, -0.1) is 5.06 Å². The molecule has 250 valence electrons. The van der Waals surface area contributed by atoms with Gasteiger partial charge in [0.15, 0.2) is 0 Å². The van der Waals surface area contributed by atoms with E-state index in [9.17, 15) is 19.2 Å². The topological polar surface area (TPSA) is 124 Å². The van der Waals surface area contributed by atoms with Crippen molar-refractivity contribution in [2.75, 3.05) is 50.4 Å². The van der Waals surface area contributed by atoms with Crippen LogP contribution in [-0.4, -0.2) is 89.4 Å². The van der Waals surface area contributed by atoms with E-state index in [-0.39, 0.29) is 30.3 Å². The number of likely N-dealkylation sites (tertiary alicyclic amines) is 1. The SMILES string of the molecule is CN1CCC[C@H](N(CC(=O)Nc2ccc3c(c2)C[C@@]2(C3)C(=O)Nc3ncccc32)C(=O)C2(C)CCN(OC(=O)c3ccccc3)CC2)C1. The summed E-state index contributed by atoms with van der Waals surface area (Å²) in [6, 6.07) is 18.4. The Balaban J connectivity index is 1.02. The molecule has 0 unspecified atom stereocenters. The van der Waals surface area contributed by atoms with Gasteiger partial charge in [0.25, 0.3) is 0 Å². The number of rotatable bonds is 7. The number of benzene rings is 2. The van der Waals surface area contributed by atoms with Gasteiger partial charge in [-0.2, -0.15) is 0 Å². The van der Waals surface area contributed by atoms with E-state index in [4.69, 9.17) is 4.84 Å². The van der Waals surface area contributed by atoms with Gasteiger partial charge in [0, 0.05) is 48.5 Å². The summed E-state index contributed by atoms with van der Waals surface area (Å²) in [7, 11) is 2.05. The minimum absolute atomic E-state index is 0.0394. The third-order valence-corrected chi connectivity index (χ3v) is 10.6. The second-order valence-corrected chi connectivity index (χ2v) is 14.0. The Kier molecular flexibility index (Phi) is 8.51. The number of hydroxylamine groups is 2. The number of carbonyl (C=O) groups is 4. The molecular formula is C37H42N6O5. The van der Waals surface area contributed by atoms with Crippen LogP contribution in [0.2, 0.25) is 0 Å². The first-order chi connectivity index (χ1) is 23.1. The zero-order valence-electron chi connectivity index (χ0n) is 27.5. The highest BCUT2D eigenvalue weighted by Crippen LogP contribution is 2.47. The predicted octanol–water partition coefficient (Wildman–Crippen LogP) is 3.81. The van der Waals surface area contributed by atoms with Crippen molar-refractivity contribution in [2.45, 2.75) is 56.9 Å². The molecular weight excluding hydrogens is 608 g/mol. The molecule has 7 rings (SSSR count). The fourth-order valence-corrected chi connectivity index (χ4v) is 7.84. The van der Waals surface area contributed by atoms with E-state index < -0.39 is 16.8 Å². The summed E-state index contributed by atoms with van der Waals surface area (Å²) in [5.74, 6) is -0.130. The van der Waals surface area contributed by atoms with Gasteiger partial charge in [0.1, 0.15) is 12.4 Å². The lowest BCUT2D eigenvalue weighted by atomic mass is 9.79. The monoisotopic (exact) mass is 650 g/mol. The molecule has 4 aliphatic rings. The molecule has 3 aliphatic heterocycles. The van der Waals surface area contributed by atoms with Crippen molar-refractivity contribution in [1.82, 2.24) is 19.8 Å². The lowest BCUT2D eigenvalue weighted by Gasteiger charge is -2.44. The van der Waals surface area contributed by atoms with E-state index in [1.807, 2.05) is 50.4 Å². The van der Waals surface area contributed by atoms with Crippen molar-refractivity contribution in [2.24, 2.45) is 5.41 Å². The van der Waals surface area contributed by atoms with Gasteiger partial charge >= 0.3 is 5.97 Å². The highest BCUT2D eigenvalue weighted by molar-refractivity contribution is 6.06. The highest BCUT2D eigenvalue weighted by atomic mass is 16.7. The lowest BCUT2D eigenvalue weighted by Crippen LogP contribution is -2.57. The first kappa shape index (κ1) is 32.0. The Morgan fingerprint density at radius 2 is 1.79 bits per heavy atom. The maximum absolute atomic E-state index is 14.4. The summed E-state index contributed by atoms with van der Waals surface area (Å²) in [5, 5.41) is 7.63. The maximum atomic E-state index is 14.4. The maximum Gasteiger partial charge on any atom is 0.357 e. The van der Waals surface area contributed by atoms with E-state index in [0.29, 0.717) is 62.4 Å². The predicted molar refractivity (Wildman–Crippen MR) is 180 cm³/mol. The second kappa shape index (κ2) is 12.8. The van der Waals surface area contributed by atoms with Crippen molar-refractivity contribution in [3.63, 3.8) is 0 Å². The number of aromatic nitrogens is 1. The van der Waals surface area contributed by atoms with Crippen LogP contribution in [0.25, 0.3) is 0 Å². The fraction of sp³-hybridized carbons (Fsp3) is 0.432. The Labute approximate surface area is 280 Å². The highest BCUT2D eigenvalue weighted by Gasteiger charge is 2.51. The van der Waals surface area contributed by atoms with Crippen molar-refractivity contribution >= 4 is 35.2 Å². The first-order valence-electron chi connectivity index (χ1n) is 16.8. The van der Waals surface area contributed by atoms with Crippen LogP contribution >= 0.6 is 0 Å². The molecule has 2 atom stereocenters. The summed E-state index contributed by atoms with van der Waals surface area (Å²) in [6.07, 6.45) is 5.59. The van der Waals surface area contributed by atoms with Crippen molar-refractivity contribution in [1.29, 1.82) is 0 Å². The van der Waals surface area contributed by atoms with Crippen LogP contribution in [0.15, 0.2) is 66.9 Å². The average Bonchev–Trinajstić information content (AvgIpc) is 3.61. The number of hydrogen-bond acceptors (Lipinski definition) is 8. The van der Waals surface area contributed by atoms with Crippen LogP contribution in [0, 0.1) is 5.41 Å². The number of pyridine rings is 1. The molecule has 1 aromatic heterocycles. The molecule has 0 radical (unpaired) electrons. The zero-order valence-corrected chi connectivity index (χ0v) is 27.5. The first-order valence-corrected chi connectivity index (χ1v) is 16.8. The number of amides is 3. The van der Waals surface area contributed by atoms with Gasteiger partial charge in [-0.05, 0) is 93.6 Å². The number of nitrogens with zero attached hydrogens (tertiary/aromatic N) is 4. The molecule has 1 aliphatic carbocycles. The Hall–Kier alpha value is -4.61. The molecule has 2 saturated heterocycles. The van der Waals surface area contributed by atoms with Crippen LogP contribution in [0.3, 0.4) is 0 Å². The van der Waals surface area contributed by atoms with Crippen LogP contribution in [0.5, 0.6) is 0 Å². The van der Waals surface area contributed by atoms with E-state index in [1.165, 1.54) is 0 Å². The summed E-state index contributed by atoms with van der Waals surface area (Å²) < 4.78 is 0. The standard InChI is InChI=1S/C37H42N6O5/c1-36(14-18-42(19-15-36)48-33(45)25-8-4-3-5-9-25)35(47)43(29-10-7-17-41(2)23-29)24-31(44)39-28-13-12-26-21-37(22-27(26)20-28)30-11-6-16-38-32(30)40-34(37)46/h3-6,8-9,11-13,16,20,29H,7,10,14-15,17-19,21-24H2,1-2H3,(H,39,44)(H,38,40,46)/t29-,37+/m0/s1. The van der Waals surface area contributed by atoms with Gasteiger partial charge in [-0.25, -0.2) is 9.78 Å². The molecule has 1 spiro atoms. The van der Waals surface area contributed by atoms with Gasteiger partial charge in [-0.3, -0.25) is 14.4 Å². The Morgan fingerprint density at radius 3 is 2.56 bits per heavy atom. The average molecular weight is 651 g/mol. The minimum atomic E-state index is -0.694. The molecule has 0 bridgehead atoms. The third-order valence-electron chi connectivity index (χ3n) is 10.6. The van der Waals surface area contributed by atoms with E-state index >= 15 is 0 Å². The van der Waals surface area contributed by atoms with E-state index in [1.54, 1.807) is 40.4 Å². The summed E-state index contributed by atoms with van der Waals surface area (Å²) in [4.78, 5) is 67.7. The largest absolute Gasteiger partial charge is 0.364 e. The number of fused-ring (bicyclic) bond motifs is 3. The molecule has 48 heavy (non-hydrogen) atoms. The van der Waals surface area contributed by atoms with Crippen LogP contribution < -0.4 is 10.6 Å². The molecule has 11 heteroatoms. The Morgan fingerprint density at radius 1 is 1.02 bits per heavy atom. The fourth-order valence-electron chi connectivity index (χ4n) is 7.84. The number of carbonyl (C=O) groups excluding carboxylic acids is 4. The molecule has 2 fully saturated rings. The van der Waals surface area contributed by atoms with Gasteiger partial charge in [0.05, 0.1) is 11.0 Å². The molecule has 11 nitrogen and oxygen atoms in total. The van der Waals surface area contributed by atoms with Gasteiger partial charge in [0.2, 0.25) is 17.7 Å². The number of nitrogens with one attached hydrogen (secondary N) is 2. The smallest absolute Gasteiger partial charge is 0.357 e. The molecule has 4 heterocycles. The molecule has 2 N–H and O–H groups in total. The van der Waals surface area contributed by atoms with E-state index in [2.05, 4.69) is 20.5 Å². The molecule has 2 aromatic carbocycles. The van der Waals surface area contributed by atoms with Crippen molar-refractivity contribution in [3.05, 3.63) is 89.1 Å². The number of hydrogen-bond donors (Lipinski definition) is 2. The van der Waals surface area contributed by atoms with Crippen LogP contribution in [0.4, 0.5) is 11.5 Å². The summed E-state index contributed by atoms with van der Waals surface area (Å²) >= 11 is 0. The van der Waals surface area contributed by atoms with Gasteiger partial charge < -0.3 is 25.3 Å². The third kappa shape index (κ3) is 6.08. The van der Waals surface area contributed by atoms with Crippen molar-refractivity contribution in [3.8, 4) is 0 Å². The number of anilines is 2. The van der Waals surface area contributed by atoms with Crippen LogP contribution in [0.1, 0.15) is 59.7 Å². The minimum Gasteiger partial charge on any atom is -0.364 e. The molecule has 0 saturated carbocycles. The van der Waals surface area contributed by atoms with Gasteiger partial charge in [-0.1, -0.05) is 37.3 Å². The van der Waals surface area contributed by atoms with E-state index in [0.717, 1.165) is 36.1 Å². The molecule has 3 amide bonds. The second-order valence-electron chi connectivity index (χ2n) is 14.0.